The van der Waals surface area contributed by atoms with Crippen LogP contribution in [0.25, 0.3) is 0 Å². The molecule has 0 aliphatic heterocycles. The molecule has 0 bridgehead atoms. The minimum Gasteiger partial charge on any atom is -0.481 e. The molecule has 17 heavy (non-hydrogen) atoms. The summed E-state index contributed by atoms with van der Waals surface area (Å²) in [4.78, 5) is 22.4. The molecule has 5 heteroatoms. The zero-order chi connectivity index (χ0) is 12.5. The summed E-state index contributed by atoms with van der Waals surface area (Å²) < 4.78 is 4.07. The van der Waals surface area contributed by atoms with E-state index in [2.05, 4.69) is 15.9 Å². The number of carboxylic acid groups (broad SMARTS) is 1. The molecular weight excluding hydrogens is 288 g/mol. The molecule has 1 saturated carbocycles. The molecule has 2 unspecified atom stereocenters. The first-order valence-corrected chi connectivity index (χ1v) is 5.96. The molecule has 0 radical (unpaired) electrons. The average Bonchev–Trinajstić information content (AvgIpc) is 3.02. The van der Waals surface area contributed by atoms with Crippen molar-refractivity contribution in [1.82, 2.24) is 0 Å². The first-order chi connectivity index (χ1) is 8.04. The van der Waals surface area contributed by atoms with Gasteiger partial charge in [0.1, 0.15) is 10.9 Å². The molecule has 1 aliphatic rings. The van der Waals surface area contributed by atoms with Crippen LogP contribution in [-0.4, -0.2) is 21.4 Å². The Morgan fingerprint density at radius 2 is 2.06 bits per heavy atom. The number of hydrogen-bond acceptors (Lipinski definition) is 3. The minimum absolute atomic E-state index is 0.166. The van der Waals surface area contributed by atoms with Crippen molar-refractivity contribution in [3.05, 3.63) is 35.9 Å². The molecule has 1 aromatic carbocycles. The molecule has 0 saturated heterocycles. The van der Waals surface area contributed by atoms with Crippen LogP contribution in [0, 0.1) is 5.92 Å². The van der Waals surface area contributed by atoms with Gasteiger partial charge in [-0.3, -0.25) is 9.59 Å². The van der Waals surface area contributed by atoms with E-state index in [4.69, 9.17) is 9.84 Å². The summed E-state index contributed by atoms with van der Waals surface area (Å²) in [5.74, 6) is -2.15. The van der Waals surface area contributed by atoms with Gasteiger partial charge in [0.05, 0.1) is 5.92 Å². The summed E-state index contributed by atoms with van der Waals surface area (Å²) in [5.41, 5.74) is 0.879. The van der Waals surface area contributed by atoms with E-state index < -0.39 is 22.2 Å². The van der Waals surface area contributed by atoms with E-state index in [9.17, 15) is 9.59 Å². The van der Waals surface area contributed by atoms with Crippen LogP contribution >= 0.6 is 15.9 Å². The second-order valence-corrected chi connectivity index (χ2v) is 5.43. The number of halogens is 1. The molecule has 90 valence electrons. The number of carbonyl (C=O) groups is 2. The van der Waals surface area contributed by atoms with Crippen molar-refractivity contribution in [2.45, 2.75) is 17.4 Å². The number of benzene rings is 1. The molecule has 2 rings (SSSR count). The summed E-state index contributed by atoms with van der Waals surface area (Å²) in [6.45, 7) is 0.166. The van der Waals surface area contributed by atoms with Crippen LogP contribution in [0.3, 0.4) is 0 Å². The van der Waals surface area contributed by atoms with Crippen LogP contribution in [0.15, 0.2) is 30.3 Å². The van der Waals surface area contributed by atoms with Crippen LogP contribution < -0.4 is 0 Å². The van der Waals surface area contributed by atoms with Crippen LogP contribution in [0.4, 0.5) is 0 Å². The molecule has 1 aliphatic carbocycles. The standard InChI is InChI=1S/C12H11BrO4/c13-12(6-9(12)10(14)15)11(16)17-7-8-4-2-1-3-5-8/h1-5,9H,6-7H2,(H,14,15). The normalized spacial score (nSPS) is 26.3. The SMILES string of the molecule is O=C(O)C1CC1(Br)C(=O)OCc1ccccc1. The summed E-state index contributed by atoms with van der Waals surface area (Å²) >= 11 is 3.14. The first kappa shape index (κ1) is 12.1. The van der Waals surface area contributed by atoms with E-state index in [0.717, 1.165) is 5.56 Å². The predicted octanol–water partition coefficient (Wildman–Crippen LogP) is 1.97. The summed E-state index contributed by atoms with van der Waals surface area (Å²) in [6.07, 6.45) is 0.288. The van der Waals surface area contributed by atoms with Gasteiger partial charge in [0.2, 0.25) is 0 Å². The first-order valence-electron chi connectivity index (χ1n) is 5.17. The molecule has 0 aromatic heterocycles. The number of carboxylic acids is 1. The molecular formula is C12H11BrO4. The lowest BCUT2D eigenvalue weighted by atomic mass is 10.2. The maximum Gasteiger partial charge on any atom is 0.324 e. The number of rotatable bonds is 4. The quantitative estimate of drug-likeness (QED) is 0.682. The smallest absolute Gasteiger partial charge is 0.324 e. The van der Waals surface area contributed by atoms with Gasteiger partial charge >= 0.3 is 11.9 Å². The molecule has 1 fully saturated rings. The van der Waals surface area contributed by atoms with Crippen LogP contribution in [0.2, 0.25) is 0 Å². The maximum absolute atomic E-state index is 11.7. The second-order valence-electron chi connectivity index (χ2n) is 4.02. The van der Waals surface area contributed by atoms with E-state index in [-0.39, 0.29) is 13.0 Å². The van der Waals surface area contributed by atoms with Gasteiger partial charge in [-0.15, -0.1) is 0 Å². The predicted molar refractivity (Wildman–Crippen MR) is 63.6 cm³/mol. The van der Waals surface area contributed by atoms with Crippen molar-refractivity contribution in [2.24, 2.45) is 5.92 Å². The Hall–Kier alpha value is -1.36. The van der Waals surface area contributed by atoms with Crippen molar-refractivity contribution in [3.8, 4) is 0 Å². The van der Waals surface area contributed by atoms with Gasteiger partial charge in [0.15, 0.2) is 0 Å². The zero-order valence-electron chi connectivity index (χ0n) is 8.93. The second kappa shape index (κ2) is 4.49. The molecule has 0 heterocycles. The van der Waals surface area contributed by atoms with Crippen molar-refractivity contribution in [3.63, 3.8) is 0 Å². The third kappa shape index (κ3) is 2.49. The number of esters is 1. The Kier molecular flexibility index (Phi) is 3.19. The minimum atomic E-state index is -1.02. The molecule has 2 atom stereocenters. The number of alkyl halides is 1. The van der Waals surface area contributed by atoms with Gasteiger partial charge in [-0.05, 0) is 12.0 Å². The molecule has 4 nitrogen and oxygen atoms in total. The van der Waals surface area contributed by atoms with Gasteiger partial charge < -0.3 is 9.84 Å². The average molecular weight is 299 g/mol. The molecule has 1 N–H and O–H groups in total. The Morgan fingerprint density at radius 3 is 2.59 bits per heavy atom. The lowest BCUT2D eigenvalue weighted by Gasteiger charge is -2.08. The number of ether oxygens (including phenoxy) is 1. The number of aliphatic carboxylic acids is 1. The third-order valence-electron chi connectivity index (χ3n) is 2.74. The maximum atomic E-state index is 11.7. The lowest BCUT2D eigenvalue weighted by molar-refractivity contribution is -0.148. The highest BCUT2D eigenvalue weighted by Crippen LogP contribution is 2.52. The summed E-state index contributed by atoms with van der Waals surface area (Å²) in [7, 11) is 0. The van der Waals surface area contributed by atoms with Crippen LogP contribution in [0.5, 0.6) is 0 Å². The lowest BCUT2D eigenvalue weighted by Crippen LogP contribution is -2.23. The zero-order valence-corrected chi connectivity index (χ0v) is 10.5. The molecule has 0 amide bonds. The fourth-order valence-electron chi connectivity index (χ4n) is 1.59. The van der Waals surface area contributed by atoms with Crippen molar-refractivity contribution in [1.29, 1.82) is 0 Å². The van der Waals surface area contributed by atoms with Crippen LogP contribution in [-0.2, 0) is 20.9 Å². The topological polar surface area (TPSA) is 63.6 Å². The number of carbonyl (C=O) groups excluding carboxylic acids is 1. The van der Waals surface area contributed by atoms with Gasteiger partial charge in [-0.1, -0.05) is 46.3 Å². The van der Waals surface area contributed by atoms with E-state index in [1.807, 2.05) is 30.3 Å². The van der Waals surface area contributed by atoms with Crippen molar-refractivity contribution < 1.29 is 19.4 Å². The fourth-order valence-corrected chi connectivity index (χ4v) is 2.22. The van der Waals surface area contributed by atoms with Crippen molar-refractivity contribution >= 4 is 27.9 Å². The molecule has 1 aromatic rings. The highest BCUT2D eigenvalue weighted by Gasteiger charge is 2.63. The van der Waals surface area contributed by atoms with E-state index in [0.29, 0.717) is 0 Å². The Balaban J connectivity index is 1.89. The third-order valence-corrected chi connectivity index (χ3v) is 3.94. The van der Waals surface area contributed by atoms with Crippen LogP contribution in [0.1, 0.15) is 12.0 Å². The Morgan fingerprint density at radius 1 is 1.41 bits per heavy atom. The fraction of sp³-hybridized carbons (Fsp3) is 0.333. The van der Waals surface area contributed by atoms with Gasteiger partial charge in [-0.25, -0.2) is 0 Å². The number of hydrogen-bond donors (Lipinski definition) is 1. The Labute approximate surface area is 107 Å². The van der Waals surface area contributed by atoms with E-state index in [1.54, 1.807) is 0 Å². The highest BCUT2D eigenvalue weighted by molar-refractivity contribution is 9.10. The monoisotopic (exact) mass is 298 g/mol. The van der Waals surface area contributed by atoms with Gasteiger partial charge in [0, 0.05) is 0 Å². The highest BCUT2D eigenvalue weighted by atomic mass is 79.9. The Bertz CT molecular complexity index is 445. The largest absolute Gasteiger partial charge is 0.481 e. The van der Waals surface area contributed by atoms with Gasteiger partial charge in [0.25, 0.3) is 0 Å². The molecule has 0 spiro atoms. The van der Waals surface area contributed by atoms with E-state index in [1.165, 1.54) is 0 Å². The van der Waals surface area contributed by atoms with E-state index >= 15 is 0 Å². The summed E-state index contributed by atoms with van der Waals surface area (Å²) in [5, 5.41) is 8.79. The van der Waals surface area contributed by atoms with Gasteiger partial charge in [-0.2, -0.15) is 0 Å². The summed E-state index contributed by atoms with van der Waals surface area (Å²) in [6, 6.07) is 9.26. The van der Waals surface area contributed by atoms with Crippen molar-refractivity contribution in [2.75, 3.05) is 0 Å².